The van der Waals surface area contributed by atoms with Crippen LogP contribution in [0.5, 0.6) is 0 Å². The highest BCUT2D eigenvalue weighted by atomic mass is 16.7. The zero-order valence-electron chi connectivity index (χ0n) is 8.24. The molecule has 0 aromatic rings. The Kier molecular flexibility index (Phi) is 5.25. The molecule has 0 aromatic carbocycles. The van der Waals surface area contributed by atoms with Crippen molar-refractivity contribution in [3.63, 3.8) is 0 Å². The highest BCUT2D eigenvalue weighted by Gasteiger charge is 2.13. The lowest BCUT2D eigenvalue weighted by Crippen LogP contribution is -2.24. The van der Waals surface area contributed by atoms with Crippen molar-refractivity contribution in [1.29, 1.82) is 0 Å². The maximum absolute atomic E-state index is 10.6. The van der Waals surface area contributed by atoms with Crippen LogP contribution in [0.4, 0.5) is 0 Å². The van der Waals surface area contributed by atoms with Crippen LogP contribution in [0.15, 0.2) is 12.7 Å². The molecule has 1 aliphatic rings. The van der Waals surface area contributed by atoms with Crippen LogP contribution in [0.25, 0.3) is 0 Å². The molecule has 0 amide bonds. The van der Waals surface area contributed by atoms with Crippen LogP contribution in [-0.4, -0.2) is 32.1 Å². The fraction of sp³-hybridized carbons (Fsp3) is 0.700. The second-order valence-electron chi connectivity index (χ2n) is 3.04. The predicted octanol–water partition coefficient (Wildman–Crippen LogP) is 1.26. The van der Waals surface area contributed by atoms with E-state index >= 15 is 0 Å². The summed E-state index contributed by atoms with van der Waals surface area (Å²) in [5, 5.41) is 0. The van der Waals surface area contributed by atoms with Gasteiger partial charge in [-0.25, -0.2) is 4.79 Å². The van der Waals surface area contributed by atoms with E-state index in [1.54, 1.807) is 0 Å². The summed E-state index contributed by atoms with van der Waals surface area (Å²) in [5.41, 5.74) is 0. The Morgan fingerprint density at radius 3 is 3.00 bits per heavy atom. The minimum atomic E-state index is -0.418. The molecule has 1 heterocycles. The Hall–Kier alpha value is -0.870. The first-order valence-electron chi connectivity index (χ1n) is 4.85. The number of ether oxygens (including phenoxy) is 3. The topological polar surface area (TPSA) is 44.8 Å². The van der Waals surface area contributed by atoms with E-state index in [0.29, 0.717) is 6.61 Å². The minimum absolute atomic E-state index is 0.119. The van der Waals surface area contributed by atoms with Gasteiger partial charge in [-0.15, -0.1) is 0 Å². The second-order valence-corrected chi connectivity index (χ2v) is 3.04. The third-order valence-corrected chi connectivity index (χ3v) is 1.94. The predicted molar refractivity (Wildman–Crippen MR) is 50.7 cm³/mol. The molecular weight excluding hydrogens is 184 g/mol. The molecule has 0 radical (unpaired) electrons. The van der Waals surface area contributed by atoms with Gasteiger partial charge in [0.2, 0.25) is 0 Å². The molecule has 0 aromatic heterocycles. The van der Waals surface area contributed by atoms with E-state index in [1.165, 1.54) is 0 Å². The Morgan fingerprint density at radius 2 is 2.36 bits per heavy atom. The number of hydrogen-bond donors (Lipinski definition) is 0. The van der Waals surface area contributed by atoms with Gasteiger partial charge in [0, 0.05) is 12.7 Å². The number of carbonyl (C=O) groups is 1. The summed E-state index contributed by atoms with van der Waals surface area (Å²) in [6.07, 6.45) is 4.18. The van der Waals surface area contributed by atoms with Gasteiger partial charge in [-0.1, -0.05) is 6.58 Å². The number of esters is 1. The van der Waals surface area contributed by atoms with Crippen LogP contribution in [0.1, 0.15) is 19.3 Å². The normalized spacial score (nSPS) is 21.6. The fourth-order valence-electron chi connectivity index (χ4n) is 1.22. The minimum Gasteiger partial charge on any atom is -0.460 e. The summed E-state index contributed by atoms with van der Waals surface area (Å²) in [6.45, 7) is 4.68. The fourth-order valence-corrected chi connectivity index (χ4v) is 1.22. The lowest BCUT2D eigenvalue weighted by atomic mass is 10.2. The molecule has 0 saturated carbocycles. The van der Waals surface area contributed by atoms with Gasteiger partial charge < -0.3 is 14.2 Å². The smallest absolute Gasteiger partial charge is 0.330 e. The largest absolute Gasteiger partial charge is 0.460 e. The molecule has 80 valence electrons. The molecular formula is C10H16O4. The quantitative estimate of drug-likeness (QED) is 0.381. The van der Waals surface area contributed by atoms with Crippen LogP contribution in [0.2, 0.25) is 0 Å². The Bertz CT molecular complexity index is 185. The third-order valence-electron chi connectivity index (χ3n) is 1.94. The van der Waals surface area contributed by atoms with Gasteiger partial charge in [0.05, 0.1) is 6.61 Å². The van der Waals surface area contributed by atoms with Gasteiger partial charge in [-0.05, 0) is 19.3 Å². The summed E-state index contributed by atoms with van der Waals surface area (Å²) in [6, 6.07) is 0. The van der Waals surface area contributed by atoms with E-state index in [9.17, 15) is 4.79 Å². The molecule has 1 rings (SSSR count). The summed E-state index contributed by atoms with van der Waals surface area (Å²) in [4.78, 5) is 10.6. The Morgan fingerprint density at radius 1 is 1.50 bits per heavy atom. The maximum Gasteiger partial charge on any atom is 0.330 e. The van der Waals surface area contributed by atoms with E-state index in [1.807, 2.05) is 0 Å². The third kappa shape index (κ3) is 4.39. The molecule has 1 aliphatic heterocycles. The van der Waals surface area contributed by atoms with Gasteiger partial charge in [0.15, 0.2) is 6.29 Å². The zero-order valence-corrected chi connectivity index (χ0v) is 8.24. The van der Waals surface area contributed by atoms with Gasteiger partial charge >= 0.3 is 5.97 Å². The molecule has 4 heteroatoms. The van der Waals surface area contributed by atoms with Crippen molar-refractivity contribution < 1.29 is 19.0 Å². The first kappa shape index (κ1) is 11.2. The second kappa shape index (κ2) is 6.56. The average Bonchev–Trinajstić information content (AvgIpc) is 2.25. The van der Waals surface area contributed by atoms with Crippen molar-refractivity contribution in [2.75, 3.05) is 19.8 Å². The van der Waals surface area contributed by atoms with E-state index in [4.69, 9.17) is 14.2 Å². The van der Waals surface area contributed by atoms with E-state index in [0.717, 1.165) is 31.9 Å². The Balaban J connectivity index is 1.97. The summed E-state index contributed by atoms with van der Waals surface area (Å²) in [7, 11) is 0. The molecule has 0 aliphatic carbocycles. The van der Waals surface area contributed by atoms with Crippen LogP contribution in [0.3, 0.4) is 0 Å². The number of hydrogen-bond acceptors (Lipinski definition) is 4. The molecule has 1 saturated heterocycles. The molecule has 14 heavy (non-hydrogen) atoms. The molecule has 4 nitrogen and oxygen atoms in total. The first-order valence-corrected chi connectivity index (χ1v) is 4.85. The zero-order chi connectivity index (χ0) is 10.2. The van der Waals surface area contributed by atoms with Crippen LogP contribution in [-0.2, 0) is 19.0 Å². The highest BCUT2D eigenvalue weighted by Crippen LogP contribution is 2.13. The maximum atomic E-state index is 10.6. The molecule has 1 unspecified atom stereocenters. The average molecular weight is 200 g/mol. The monoisotopic (exact) mass is 200 g/mol. The molecule has 0 spiro atoms. The van der Waals surface area contributed by atoms with Crippen molar-refractivity contribution in [2.45, 2.75) is 25.6 Å². The van der Waals surface area contributed by atoms with Crippen molar-refractivity contribution >= 4 is 5.97 Å². The van der Waals surface area contributed by atoms with Gasteiger partial charge in [0.25, 0.3) is 0 Å². The molecule has 1 fully saturated rings. The van der Waals surface area contributed by atoms with Gasteiger partial charge in [-0.3, -0.25) is 0 Å². The first-order chi connectivity index (χ1) is 6.83. The highest BCUT2D eigenvalue weighted by molar-refractivity contribution is 5.81. The lowest BCUT2D eigenvalue weighted by molar-refractivity contribution is -0.172. The van der Waals surface area contributed by atoms with Crippen LogP contribution >= 0.6 is 0 Å². The Labute approximate surface area is 83.8 Å². The van der Waals surface area contributed by atoms with Crippen molar-refractivity contribution in [3.8, 4) is 0 Å². The SMILES string of the molecule is C=CC(=O)OCCOC1CCCCO1. The summed E-state index contributed by atoms with van der Waals surface area (Å²) < 4.78 is 15.4. The summed E-state index contributed by atoms with van der Waals surface area (Å²) >= 11 is 0. The van der Waals surface area contributed by atoms with E-state index in [2.05, 4.69) is 6.58 Å². The van der Waals surface area contributed by atoms with Gasteiger partial charge in [-0.2, -0.15) is 0 Å². The van der Waals surface area contributed by atoms with E-state index in [-0.39, 0.29) is 12.9 Å². The lowest BCUT2D eigenvalue weighted by Gasteiger charge is -2.22. The van der Waals surface area contributed by atoms with Crippen molar-refractivity contribution in [1.82, 2.24) is 0 Å². The molecule has 0 bridgehead atoms. The standard InChI is InChI=1S/C10H16O4/c1-2-9(11)12-7-8-14-10-5-3-4-6-13-10/h2,10H,1,3-8H2. The number of rotatable bonds is 5. The van der Waals surface area contributed by atoms with E-state index < -0.39 is 5.97 Å². The van der Waals surface area contributed by atoms with Crippen molar-refractivity contribution in [3.05, 3.63) is 12.7 Å². The number of carbonyl (C=O) groups excluding carboxylic acids is 1. The summed E-state index contributed by atoms with van der Waals surface area (Å²) in [5.74, 6) is -0.418. The molecule has 0 N–H and O–H groups in total. The van der Waals surface area contributed by atoms with Crippen LogP contribution in [0, 0.1) is 0 Å². The van der Waals surface area contributed by atoms with Gasteiger partial charge in [0.1, 0.15) is 6.61 Å². The van der Waals surface area contributed by atoms with Crippen molar-refractivity contribution in [2.24, 2.45) is 0 Å². The molecule has 1 atom stereocenters. The van der Waals surface area contributed by atoms with Crippen LogP contribution < -0.4 is 0 Å².